The maximum Gasteiger partial charge on any atom is 0.254 e. The fourth-order valence-corrected chi connectivity index (χ4v) is 2.04. The molecule has 5 heteroatoms. The molecule has 1 atom stereocenters. The van der Waals surface area contributed by atoms with Crippen LogP contribution in [0.2, 0.25) is 5.15 Å². The van der Waals surface area contributed by atoms with Gasteiger partial charge in [0.05, 0.1) is 12.6 Å². The third kappa shape index (κ3) is 4.48. The summed E-state index contributed by atoms with van der Waals surface area (Å²) >= 11 is 5.97. The lowest BCUT2D eigenvalue weighted by Gasteiger charge is -2.24. The van der Waals surface area contributed by atoms with Gasteiger partial charge in [0.1, 0.15) is 5.15 Å². The summed E-state index contributed by atoms with van der Waals surface area (Å²) < 4.78 is 5.06. The third-order valence-corrected chi connectivity index (χ3v) is 3.18. The molecule has 1 heterocycles. The van der Waals surface area contributed by atoms with Crippen LogP contribution in [0.5, 0.6) is 0 Å². The Kier molecular flexibility index (Phi) is 6.25. The van der Waals surface area contributed by atoms with Crippen molar-refractivity contribution in [2.75, 3.05) is 20.8 Å². The van der Waals surface area contributed by atoms with Gasteiger partial charge in [-0.1, -0.05) is 24.9 Å². The highest BCUT2D eigenvalue weighted by atomic mass is 35.5. The van der Waals surface area contributed by atoms with Crippen molar-refractivity contribution in [3.8, 4) is 0 Å². The Labute approximate surface area is 119 Å². The molecular weight excluding hydrogens is 264 g/mol. The molecular formula is C14H21ClN2O2. The minimum atomic E-state index is -0.0637. The fourth-order valence-electron chi connectivity index (χ4n) is 1.82. The summed E-state index contributed by atoms with van der Waals surface area (Å²) in [6.45, 7) is 4.51. The van der Waals surface area contributed by atoms with E-state index < -0.39 is 0 Å². The number of amides is 1. The Bertz CT molecular complexity index is 437. The number of hydrogen-bond donors (Lipinski definition) is 0. The molecule has 0 fully saturated rings. The highest BCUT2D eigenvalue weighted by Gasteiger charge is 2.18. The lowest BCUT2D eigenvalue weighted by Crippen LogP contribution is -2.37. The Balaban J connectivity index is 2.92. The van der Waals surface area contributed by atoms with E-state index in [0.29, 0.717) is 17.3 Å². The van der Waals surface area contributed by atoms with Gasteiger partial charge in [-0.2, -0.15) is 0 Å². The van der Waals surface area contributed by atoms with E-state index in [4.69, 9.17) is 16.3 Å². The number of nitrogens with zero attached hydrogens (tertiary/aromatic N) is 2. The van der Waals surface area contributed by atoms with Crippen molar-refractivity contribution in [3.63, 3.8) is 0 Å². The molecule has 0 aromatic carbocycles. The zero-order valence-corrected chi connectivity index (χ0v) is 12.7. The number of methoxy groups -OCH3 is 1. The average Bonchev–Trinajstić information content (AvgIpc) is 2.37. The SMILES string of the molecule is CCCc1cc(C(=O)N(C)C(C)COC)cc(Cl)n1. The molecule has 0 N–H and O–H groups in total. The van der Waals surface area contributed by atoms with Crippen LogP contribution in [0.15, 0.2) is 12.1 Å². The molecule has 4 nitrogen and oxygen atoms in total. The highest BCUT2D eigenvalue weighted by Crippen LogP contribution is 2.15. The standard InChI is InChI=1S/C14H21ClN2O2/c1-5-6-12-7-11(8-13(15)16-12)14(18)17(3)10(2)9-19-4/h7-8,10H,5-6,9H2,1-4H3. The second kappa shape index (κ2) is 7.46. The van der Waals surface area contributed by atoms with Crippen molar-refractivity contribution in [3.05, 3.63) is 28.5 Å². The highest BCUT2D eigenvalue weighted by molar-refractivity contribution is 6.29. The molecule has 0 radical (unpaired) electrons. The summed E-state index contributed by atoms with van der Waals surface area (Å²) in [5, 5.41) is 0.363. The smallest absolute Gasteiger partial charge is 0.254 e. The zero-order chi connectivity index (χ0) is 14.4. The summed E-state index contributed by atoms with van der Waals surface area (Å²) in [5.74, 6) is -0.0637. The molecule has 0 saturated carbocycles. The maximum atomic E-state index is 12.4. The lowest BCUT2D eigenvalue weighted by molar-refractivity contribution is 0.0633. The van der Waals surface area contributed by atoms with E-state index in [0.717, 1.165) is 18.5 Å². The molecule has 0 aliphatic carbocycles. The first-order valence-electron chi connectivity index (χ1n) is 6.42. The minimum absolute atomic E-state index is 0.0130. The van der Waals surface area contributed by atoms with Crippen LogP contribution in [0.1, 0.15) is 36.3 Å². The molecule has 0 saturated heterocycles. The van der Waals surface area contributed by atoms with E-state index in [-0.39, 0.29) is 11.9 Å². The molecule has 1 aromatic heterocycles. The largest absolute Gasteiger partial charge is 0.383 e. The van der Waals surface area contributed by atoms with Gasteiger partial charge in [-0.15, -0.1) is 0 Å². The van der Waals surface area contributed by atoms with Crippen LogP contribution in [0.25, 0.3) is 0 Å². The number of hydrogen-bond acceptors (Lipinski definition) is 3. The Morgan fingerprint density at radius 2 is 2.21 bits per heavy atom. The van der Waals surface area contributed by atoms with Crippen molar-refractivity contribution in [1.82, 2.24) is 9.88 Å². The van der Waals surface area contributed by atoms with Gasteiger partial charge in [0, 0.05) is 25.4 Å². The number of ether oxygens (including phenoxy) is 1. The molecule has 0 spiro atoms. The van der Waals surface area contributed by atoms with Gasteiger partial charge in [0.25, 0.3) is 5.91 Å². The van der Waals surface area contributed by atoms with Crippen LogP contribution in [0, 0.1) is 0 Å². The lowest BCUT2D eigenvalue weighted by atomic mass is 10.1. The van der Waals surface area contributed by atoms with Gasteiger partial charge in [-0.3, -0.25) is 4.79 Å². The summed E-state index contributed by atoms with van der Waals surface area (Å²) in [5.41, 5.74) is 1.43. The predicted octanol–water partition coefficient (Wildman–Crippen LogP) is 2.79. The first-order valence-corrected chi connectivity index (χ1v) is 6.80. The fraction of sp³-hybridized carbons (Fsp3) is 0.571. The predicted molar refractivity (Wildman–Crippen MR) is 76.7 cm³/mol. The molecule has 1 rings (SSSR count). The van der Waals surface area contributed by atoms with Crippen molar-refractivity contribution >= 4 is 17.5 Å². The van der Waals surface area contributed by atoms with E-state index in [1.807, 2.05) is 13.0 Å². The molecule has 0 aliphatic heterocycles. The normalized spacial score (nSPS) is 12.3. The number of likely N-dealkylation sites (N-methyl/N-ethyl adjacent to an activating group) is 1. The Morgan fingerprint density at radius 3 is 2.79 bits per heavy atom. The summed E-state index contributed by atoms with van der Waals surface area (Å²) in [4.78, 5) is 18.2. The van der Waals surface area contributed by atoms with Crippen molar-refractivity contribution in [2.45, 2.75) is 32.7 Å². The van der Waals surface area contributed by atoms with Crippen LogP contribution < -0.4 is 0 Å². The van der Waals surface area contributed by atoms with Gasteiger partial charge in [-0.25, -0.2) is 4.98 Å². The van der Waals surface area contributed by atoms with E-state index in [1.54, 1.807) is 25.1 Å². The number of aryl methyl sites for hydroxylation is 1. The first-order chi connectivity index (χ1) is 8.99. The second-order valence-electron chi connectivity index (χ2n) is 4.64. The number of carbonyl (C=O) groups is 1. The third-order valence-electron chi connectivity index (χ3n) is 2.99. The Hall–Kier alpha value is -1.13. The second-order valence-corrected chi connectivity index (χ2v) is 5.03. The maximum absolute atomic E-state index is 12.4. The Morgan fingerprint density at radius 1 is 1.53 bits per heavy atom. The van der Waals surface area contributed by atoms with Crippen LogP contribution >= 0.6 is 11.6 Å². The quantitative estimate of drug-likeness (QED) is 0.755. The van der Waals surface area contributed by atoms with Crippen LogP contribution in [0.3, 0.4) is 0 Å². The molecule has 0 bridgehead atoms. The summed E-state index contributed by atoms with van der Waals surface area (Å²) in [6, 6.07) is 3.44. The van der Waals surface area contributed by atoms with E-state index in [1.165, 1.54) is 0 Å². The van der Waals surface area contributed by atoms with Gasteiger partial charge in [0.15, 0.2) is 0 Å². The van der Waals surface area contributed by atoms with Crippen molar-refractivity contribution < 1.29 is 9.53 Å². The van der Waals surface area contributed by atoms with Gasteiger partial charge >= 0.3 is 0 Å². The average molecular weight is 285 g/mol. The molecule has 1 unspecified atom stereocenters. The molecule has 0 aliphatic rings. The van der Waals surface area contributed by atoms with Crippen molar-refractivity contribution in [2.24, 2.45) is 0 Å². The first kappa shape index (κ1) is 15.9. The van der Waals surface area contributed by atoms with Gasteiger partial charge in [-0.05, 0) is 25.5 Å². The zero-order valence-electron chi connectivity index (χ0n) is 11.9. The topological polar surface area (TPSA) is 42.4 Å². The van der Waals surface area contributed by atoms with Crippen LogP contribution in [-0.4, -0.2) is 42.6 Å². The number of rotatable bonds is 6. The number of carbonyl (C=O) groups excluding carboxylic acids is 1. The van der Waals surface area contributed by atoms with Crippen LogP contribution in [-0.2, 0) is 11.2 Å². The summed E-state index contributed by atoms with van der Waals surface area (Å²) in [7, 11) is 3.39. The molecule has 1 aromatic rings. The monoisotopic (exact) mass is 284 g/mol. The van der Waals surface area contributed by atoms with Gasteiger partial charge < -0.3 is 9.64 Å². The minimum Gasteiger partial charge on any atom is -0.383 e. The van der Waals surface area contributed by atoms with E-state index >= 15 is 0 Å². The number of pyridine rings is 1. The van der Waals surface area contributed by atoms with Crippen molar-refractivity contribution in [1.29, 1.82) is 0 Å². The summed E-state index contributed by atoms with van der Waals surface area (Å²) in [6.07, 6.45) is 1.79. The molecule has 106 valence electrons. The van der Waals surface area contributed by atoms with Crippen LogP contribution in [0.4, 0.5) is 0 Å². The number of halogens is 1. The molecule has 19 heavy (non-hydrogen) atoms. The van der Waals surface area contributed by atoms with E-state index in [9.17, 15) is 4.79 Å². The van der Waals surface area contributed by atoms with E-state index in [2.05, 4.69) is 11.9 Å². The van der Waals surface area contributed by atoms with Gasteiger partial charge in [0.2, 0.25) is 0 Å². The number of aromatic nitrogens is 1. The molecule has 1 amide bonds.